The van der Waals surface area contributed by atoms with Crippen molar-refractivity contribution in [3.05, 3.63) is 40.9 Å². The molecule has 0 aliphatic rings. The standard InChI is InChI=1S/C13H8ClF3N4/c1-6-8(4-18-5-19-6)12-20-10-3-7(13(15,16)17)2-9(14)11(10)21-12/h2-5H,1H3,(H,20,21). The summed E-state index contributed by atoms with van der Waals surface area (Å²) >= 11 is 5.90. The van der Waals surface area contributed by atoms with Gasteiger partial charge in [-0.3, -0.25) is 0 Å². The van der Waals surface area contributed by atoms with Crippen LogP contribution in [0.1, 0.15) is 11.3 Å². The second-order valence-electron chi connectivity index (χ2n) is 4.46. The number of aryl methyl sites for hydroxylation is 1. The molecule has 8 heteroatoms. The van der Waals surface area contributed by atoms with Crippen LogP contribution in [0.2, 0.25) is 5.02 Å². The van der Waals surface area contributed by atoms with Crippen molar-refractivity contribution in [1.82, 2.24) is 19.9 Å². The third-order valence-corrected chi connectivity index (χ3v) is 3.32. The van der Waals surface area contributed by atoms with Gasteiger partial charge in [-0.1, -0.05) is 11.6 Å². The van der Waals surface area contributed by atoms with E-state index in [9.17, 15) is 13.2 Å². The van der Waals surface area contributed by atoms with Crippen molar-refractivity contribution in [1.29, 1.82) is 0 Å². The van der Waals surface area contributed by atoms with Gasteiger partial charge in [-0.15, -0.1) is 0 Å². The summed E-state index contributed by atoms with van der Waals surface area (Å²) in [6, 6.07) is 1.85. The van der Waals surface area contributed by atoms with Crippen molar-refractivity contribution >= 4 is 22.6 Å². The Balaban J connectivity index is 2.21. The average Bonchev–Trinajstić information content (AvgIpc) is 2.82. The van der Waals surface area contributed by atoms with Gasteiger partial charge in [0.15, 0.2) is 0 Å². The zero-order chi connectivity index (χ0) is 15.2. The minimum Gasteiger partial charge on any atom is -0.338 e. The summed E-state index contributed by atoms with van der Waals surface area (Å²) < 4.78 is 38.3. The smallest absolute Gasteiger partial charge is 0.338 e. The highest BCUT2D eigenvalue weighted by molar-refractivity contribution is 6.35. The van der Waals surface area contributed by atoms with E-state index in [1.165, 1.54) is 6.33 Å². The maximum absolute atomic E-state index is 12.8. The lowest BCUT2D eigenvalue weighted by molar-refractivity contribution is -0.137. The highest BCUT2D eigenvalue weighted by atomic mass is 35.5. The number of alkyl halides is 3. The normalized spacial score (nSPS) is 12.0. The second kappa shape index (κ2) is 4.70. The zero-order valence-corrected chi connectivity index (χ0v) is 11.4. The molecule has 3 aromatic rings. The highest BCUT2D eigenvalue weighted by Crippen LogP contribution is 2.35. The van der Waals surface area contributed by atoms with Gasteiger partial charge < -0.3 is 4.98 Å². The van der Waals surface area contributed by atoms with Crippen LogP contribution in [0.3, 0.4) is 0 Å². The van der Waals surface area contributed by atoms with Crippen molar-refractivity contribution in [3.63, 3.8) is 0 Å². The van der Waals surface area contributed by atoms with E-state index in [-0.39, 0.29) is 16.1 Å². The molecule has 0 bridgehead atoms. The molecule has 21 heavy (non-hydrogen) atoms. The molecule has 1 aromatic carbocycles. The van der Waals surface area contributed by atoms with Crippen LogP contribution in [0.15, 0.2) is 24.7 Å². The minimum absolute atomic E-state index is 0.0585. The van der Waals surface area contributed by atoms with Crippen molar-refractivity contribution in [2.75, 3.05) is 0 Å². The molecular formula is C13H8ClF3N4. The van der Waals surface area contributed by atoms with Crippen LogP contribution in [-0.4, -0.2) is 19.9 Å². The van der Waals surface area contributed by atoms with Crippen LogP contribution < -0.4 is 0 Å². The first-order valence-electron chi connectivity index (χ1n) is 5.89. The molecule has 0 fully saturated rings. The molecule has 0 unspecified atom stereocenters. The van der Waals surface area contributed by atoms with Crippen LogP contribution in [0.4, 0.5) is 13.2 Å². The first kappa shape index (κ1) is 13.8. The predicted octanol–water partition coefficient (Wildman–Crippen LogP) is 4.00. The van der Waals surface area contributed by atoms with Crippen LogP contribution in [-0.2, 0) is 6.18 Å². The maximum Gasteiger partial charge on any atom is 0.416 e. The lowest BCUT2D eigenvalue weighted by Crippen LogP contribution is -2.04. The Kier molecular flexibility index (Phi) is 3.09. The number of imidazole rings is 1. The van der Waals surface area contributed by atoms with Gasteiger partial charge >= 0.3 is 6.18 Å². The summed E-state index contributed by atoms with van der Waals surface area (Å²) in [5, 5.41) is -0.0585. The first-order valence-corrected chi connectivity index (χ1v) is 6.27. The van der Waals surface area contributed by atoms with E-state index in [2.05, 4.69) is 19.9 Å². The van der Waals surface area contributed by atoms with Crippen molar-refractivity contribution in [2.45, 2.75) is 13.1 Å². The van der Waals surface area contributed by atoms with Gasteiger partial charge in [-0.25, -0.2) is 15.0 Å². The first-order chi connectivity index (χ1) is 9.86. The van der Waals surface area contributed by atoms with E-state index >= 15 is 0 Å². The molecule has 0 radical (unpaired) electrons. The fourth-order valence-electron chi connectivity index (χ4n) is 1.99. The van der Waals surface area contributed by atoms with Crippen LogP contribution >= 0.6 is 11.6 Å². The Morgan fingerprint density at radius 1 is 1.24 bits per heavy atom. The number of fused-ring (bicyclic) bond motifs is 1. The SMILES string of the molecule is Cc1ncncc1-c1nc2c(Cl)cc(C(F)(F)F)cc2[nH]1. The summed E-state index contributed by atoms with van der Waals surface area (Å²) in [4.78, 5) is 15.0. The number of H-pyrrole nitrogens is 1. The van der Waals surface area contributed by atoms with E-state index in [4.69, 9.17) is 11.6 Å². The van der Waals surface area contributed by atoms with Crippen molar-refractivity contribution in [2.24, 2.45) is 0 Å². The largest absolute Gasteiger partial charge is 0.416 e. The molecule has 2 heterocycles. The molecular weight excluding hydrogens is 305 g/mol. The van der Waals surface area contributed by atoms with Crippen LogP contribution in [0.5, 0.6) is 0 Å². The van der Waals surface area contributed by atoms with Gasteiger partial charge in [0.2, 0.25) is 0 Å². The van der Waals surface area contributed by atoms with Crippen LogP contribution in [0, 0.1) is 6.92 Å². The van der Waals surface area contributed by atoms with Gasteiger partial charge in [0.05, 0.1) is 27.4 Å². The molecule has 3 rings (SSSR count). The summed E-state index contributed by atoms with van der Waals surface area (Å²) in [6.45, 7) is 1.76. The lowest BCUT2D eigenvalue weighted by atomic mass is 10.2. The molecule has 0 saturated heterocycles. The Labute approximate surface area is 122 Å². The molecule has 0 atom stereocenters. The molecule has 2 aromatic heterocycles. The fraction of sp³-hybridized carbons (Fsp3) is 0.154. The number of hydrogen-bond acceptors (Lipinski definition) is 3. The summed E-state index contributed by atoms with van der Waals surface area (Å²) in [5.41, 5.74) is 0.946. The third kappa shape index (κ3) is 2.44. The average molecular weight is 313 g/mol. The molecule has 108 valence electrons. The van der Waals surface area contributed by atoms with E-state index < -0.39 is 11.7 Å². The zero-order valence-electron chi connectivity index (χ0n) is 10.7. The Morgan fingerprint density at radius 3 is 2.67 bits per heavy atom. The molecule has 1 N–H and O–H groups in total. The number of rotatable bonds is 1. The van der Waals surface area contributed by atoms with E-state index in [0.29, 0.717) is 17.1 Å². The number of aromatic amines is 1. The Hall–Kier alpha value is -2.15. The quantitative estimate of drug-likeness (QED) is 0.739. The number of nitrogens with zero attached hydrogens (tertiary/aromatic N) is 3. The van der Waals surface area contributed by atoms with Gasteiger partial charge in [0.25, 0.3) is 0 Å². The van der Waals surface area contributed by atoms with Gasteiger partial charge in [-0.2, -0.15) is 13.2 Å². The van der Waals surface area contributed by atoms with E-state index in [1.54, 1.807) is 13.1 Å². The topological polar surface area (TPSA) is 54.5 Å². The molecule has 0 saturated carbocycles. The molecule has 0 amide bonds. The van der Waals surface area contributed by atoms with E-state index in [1.807, 2.05) is 0 Å². The number of halogens is 4. The highest BCUT2D eigenvalue weighted by Gasteiger charge is 2.31. The van der Waals surface area contributed by atoms with Gasteiger partial charge in [0.1, 0.15) is 17.7 Å². The predicted molar refractivity (Wildman–Crippen MR) is 71.9 cm³/mol. The number of benzene rings is 1. The number of hydrogen-bond donors (Lipinski definition) is 1. The van der Waals surface area contributed by atoms with Gasteiger partial charge in [-0.05, 0) is 19.1 Å². The van der Waals surface area contributed by atoms with E-state index in [0.717, 1.165) is 12.1 Å². The Morgan fingerprint density at radius 2 is 2.00 bits per heavy atom. The molecule has 0 aliphatic carbocycles. The molecule has 0 aliphatic heterocycles. The minimum atomic E-state index is -4.46. The van der Waals surface area contributed by atoms with Crippen molar-refractivity contribution < 1.29 is 13.2 Å². The summed E-state index contributed by atoms with van der Waals surface area (Å²) in [5.74, 6) is 0.379. The monoisotopic (exact) mass is 312 g/mol. The fourth-order valence-corrected chi connectivity index (χ4v) is 2.25. The molecule has 0 spiro atoms. The molecule has 4 nitrogen and oxygen atoms in total. The summed E-state index contributed by atoms with van der Waals surface area (Å²) in [6.07, 6.45) is -1.54. The third-order valence-electron chi connectivity index (χ3n) is 3.03. The second-order valence-corrected chi connectivity index (χ2v) is 4.87. The maximum atomic E-state index is 12.8. The Bertz CT molecular complexity index is 826. The van der Waals surface area contributed by atoms with Crippen LogP contribution in [0.25, 0.3) is 22.4 Å². The van der Waals surface area contributed by atoms with Crippen molar-refractivity contribution in [3.8, 4) is 11.4 Å². The van der Waals surface area contributed by atoms with Gasteiger partial charge in [0, 0.05) is 6.20 Å². The number of nitrogens with one attached hydrogen (secondary N) is 1. The number of aromatic nitrogens is 4. The summed E-state index contributed by atoms with van der Waals surface area (Å²) in [7, 11) is 0. The lowest BCUT2D eigenvalue weighted by Gasteiger charge is -2.06.